The number of H-pyrrole nitrogens is 1. The Kier molecular flexibility index (Phi) is 4.99. The summed E-state index contributed by atoms with van der Waals surface area (Å²) >= 11 is 6.10. The molecule has 2 heterocycles. The van der Waals surface area contributed by atoms with Gasteiger partial charge >= 0.3 is 0 Å². The maximum atomic E-state index is 12.8. The second-order valence-corrected chi connectivity index (χ2v) is 7.30. The maximum absolute atomic E-state index is 12.8. The van der Waals surface area contributed by atoms with E-state index in [9.17, 15) is 8.60 Å². The number of halogens is 2. The second kappa shape index (κ2) is 6.98. The summed E-state index contributed by atoms with van der Waals surface area (Å²) in [6.07, 6.45) is 1.81. The molecule has 2 aromatic rings. The van der Waals surface area contributed by atoms with E-state index >= 15 is 0 Å². The largest absolute Gasteiger partial charge is 0.364 e. The minimum atomic E-state index is -1.62. The fourth-order valence-corrected chi connectivity index (χ4v) is 3.68. The molecule has 23 heavy (non-hydrogen) atoms. The summed E-state index contributed by atoms with van der Waals surface area (Å²) in [4.78, 5) is 9.61. The van der Waals surface area contributed by atoms with Crippen LogP contribution in [-0.4, -0.2) is 37.6 Å². The molecule has 1 aliphatic heterocycles. The van der Waals surface area contributed by atoms with Gasteiger partial charge in [0.15, 0.2) is 6.01 Å². The third-order valence-corrected chi connectivity index (χ3v) is 5.16. The highest BCUT2D eigenvalue weighted by molar-refractivity contribution is 7.82. The van der Waals surface area contributed by atoms with Gasteiger partial charge in [-0.05, 0) is 30.7 Å². The van der Waals surface area contributed by atoms with E-state index in [0.717, 1.165) is 22.8 Å². The third kappa shape index (κ3) is 3.73. The van der Waals surface area contributed by atoms with Crippen molar-refractivity contribution < 1.29 is 8.60 Å². The number of hydrogen-bond acceptors (Lipinski definition) is 3. The number of fused-ring (bicyclic) bond motifs is 1. The van der Waals surface area contributed by atoms with Gasteiger partial charge in [0.1, 0.15) is 16.8 Å². The molecule has 5 nitrogen and oxygen atoms in total. The number of imidazole rings is 1. The fourth-order valence-electron chi connectivity index (χ4n) is 2.78. The first-order valence-corrected chi connectivity index (χ1v) is 8.95. The summed E-state index contributed by atoms with van der Waals surface area (Å²) in [5.41, 5.74) is 2.98. The Balaban J connectivity index is 1.91. The lowest BCUT2D eigenvalue weighted by molar-refractivity contribution is 0.439. The summed E-state index contributed by atoms with van der Waals surface area (Å²) in [6.45, 7) is 4.16. The summed E-state index contributed by atoms with van der Waals surface area (Å²) in [5.74, 6) is 0.867. The molecule has 0 saturated heterocycles. The van der Waals surface area contributed by atoms with Crippen LogP contribution >= 0.6 is 11.6 Å². The summed E-state index contributed by atoms with van der Waals surface area (Å²) in [6, 6.07) is 4.79. The molecule has 124 valence electrons. The van der Waals surface area contributed by atoms with Crippen LogP contribution < -0.4 is 4.90 Å². The van der Waals surface area contributed by atoms with Crippen LogP contribution in [0.25, 0.3) is 0 Å². The van der Waals surface area contributed by atoms with Crippen molar-refractivity contribution in [1.29, 1.82) is 0 Å². The molecule has 0 fully saturated rings. The number of hydrogen-bond donors (Lipinski definition) is 1. The zero-order chi connectivity index (χ0) is 16.4. The van der Waals surface area contributed by atoms with Crippen LogP contribution in [0.5, 0.6) is 0 Å². The highest BCUT2D eigenvalue weighted by Gasteiger charge is 2.23. The monoisotopic (exact) mass is 356 g/mol. The number of nitrogens with zero attached hydrogens (tertiary/aromatic N) is 3. The number of benzene rings is 1. The van der Waals surface area contributed by atoms with Gasteiger partial charge in [0.05, 0.1) is 18.4 Å². The molecule has 1 aromatic heterocycles. The number of aryl methyl sites for hydroxylation is 1. The van der Waals surface area contributed by atoms with Gasteiger partial charge in [-0.3, -0.25) is 0 Å². The van der Waals surface area contributed by atoms with Crippen LogP contribution in [0.1, 0.15) is 17.1 Å². The molecule has 0 amide bonds. The summed E-state index contributed by atoms with van der Waals surface area (Å²) in [5, 5.41) is 0.619. The van der Waals surface area contributed by atoms with E-state index in [-0.39, 0.29) is 0 Å². The Morgan fingerprint density at radius 3 is 2.96 bits per heavy atom. The number of aromatic nitrogens is 2. The topological polar surface area (TPSA) is 52.2 Å². The Bertz CT molecular complexity index is 723. The minimum Gasteiger partial charge on any atom is -0.364 e. The Hall–Kier alpha value is -1.44. The Morgan fingerprint density at radius 1 is 1.43 bits per heavy atom. The number of nitrogens with one attached hydrogen (secondary N) is 1. The zero-order valence-electron chi connectivity index (χ0n) is 12.8. The van der Waals surface area contributed by atoms with Crippen LogP contribution in [0.4, 0.5) is 10.1 Å². The molecule has 1 aliphatic rings. The van der Waals surface area contributed by atoms with Gasteiger partial charge in [-0.2, -0.15) is 0 Å². The van der Waals surface area contributed by atoms with Gasteiger partial charge < -0.3 is 9.88 Å². The highest BCUT2D eigenvalue weighted by Crippen LogP contribution is 2.29. The molecule has 8 heteroatoms. The molecule has 1 atom stereocenters. The van der Waals surface area contributed by atoms with Gasteiger partial charge in [-0.1, -0.05) is 11.6 Å². The van der Waals surface area contributed by atoms with Crippen LogP contribution in [0.2, 0.25) is 5.02 Å². The molecule has 0 aliphatic carbocycles. The predicted molar refractivity (Wildman–Crippen MR) is 90.4 cm³/mol. The van der Waals surface area contributed by atoms with Crippen LogP contribution in [0.15, 0.2) is 24.4 Å². The highest BCUT2D eigenvalue weighted by atomic mass is 35.5. The number of rotatable bonds is 4. The van der Waals surface area contributed by atoms with Gasteiger partial charge in [0.2, 0.25) is 0 Å². The van der Waals surface area contributed by atoms with Crippen LogP contribution in [0, 0.1) is 6.92 Å². The smallest absolute Gasteiger partial charge is 0.179 e. The Labute approximate surface area is 142 Å². The summed E-state index contributed by atoms with van der Waals surface area (Å²) < 4.78 is 26.3. The van der Waals surface area contributed by atoms with E-state index in [1.165, 1.54) is 0 Å². The van der Waals surface area contributed by atoms with E-state index in [2.05, 4.69) is 14.9 Å². The van der Waals surface area contributed by atoms with Crippen molar-refractivity contribution in [3.63, 3.8) is 0 Å². The summed E-state index contributed by atoms with van der Waals surface area (Å²) in [7, 11) is -1.62. The van der Waals surface area contributed by atoms with Crippen molar-refractivity contribution in [3.05, 3.63) is 46.5 Å². The van der Waals surface area contributed by atoms with Gasteiger partial charge in [-0.15, -0.1) is 0 Å². The second-order valence-electron chi connectivity index (χ2n) is 5.48. The van der Waals surface area contributed by atoms with Gasteiger partial charge in [0, 0.05) is 30.3 Å². The van der Waals surface area contributed by atoms with E-state index in [1.54, 1.807) is 4.31 Å². The van der Waals surface area contributed by atoms with Crippen molar-refractivity contribution in [2.45, 2.75) is 20.0 Å². The van der Waals surface area contributed by atoms with Crippen molar-refractivity contribution in [3.8, 4) is 0 Å². The fraction of sp³-hybridized carbons (Fsp3) is 0.400. The Morgan fingerprint density at radius 2 is 2.26 bits per heavy atom. The van der Waals surface area contributed by atoms with Crippen molar-refractivity contribution >= 4 is 28.3 Å². The standard InChI is InChI=1S/C15H18ClFN4OS/c1-11-18-7-14(19-11)9-20-4-5-21(23(22)10-17)8-12-6-13(16)2-3-15(12)20/h2-3,6-7H,4-5,8-10H2,1H3,(H,18,19). The minimum absolute atomic E-state index is 0.422. The first-order valence-electron chi connectivity index (χ1n) is 7.30. The lowest BCUT2D eigenvalue weighted by Gasteiger charge is -2.24. The quantitative estimate of drug-likeness (QED) is 0.916. The number of anilines is 1. The number of aromatic amines is 1. The molecule has 1 aromatic carbocycles. The van der Waals surface area contributed by atoms with E-state index < -0.39 is 17.0 Å². The van der Waals surface area contributed by atoms with E-state index in [0.29, 0.717) is 31.2 Å². The molecular weight excluding hydrogens is 339 g/mol. The average Bonchev–Trinajstić information content (AvgIpc) is 2.85. The lowest BCUT2D eigenvalue weighted by Crippen LogP contribution is -2.32. The van der Waals surface area contributed by atoms with Crippen LogP contribution in [0.3, 0.4) is 0 Å². The van der Waals surface area contributed by atoms with E-state index in [4.69, 9.17) is 11.6 Å². The van der Waals surface area contributed by atoms with Crippen LogP contribution in [-0.2, 0) is 24.1 Å². The van der Waals surface area contributed by atoms with E-state index in [1.807, 2.05) is 31.3 Å². The number of alkyl halides is 1. The molecule has 3 rings (SSSR count). The van der Waals surface area contributed by atoms with Crippen molar-refractivity contribution in [2.75, 3.05) is 24.0 Å². The first kappa shape index (κ1) is 16.4. The first-order chi connectivity index (χ1) is 11.1. The van der Waals surface area contributed by atoms with Crippen molar-refractivity contribution in [1.82, 2.24) is 14.3 Å². The van der Waals surface area contributed by atoms with Gasteiger partial charge in [0.25, 0.3) is 0 Å². The van der Waals surface area contributed by atoms with Crippen molar-refractivity contribution in [2.24, 2.45) is 0 Å². The van der Waals surface area contributed by atoms with Gasteiger partial charge in [-0.25, -0.2) is 17.9 Å². The molecule has 1 N–H and O–H groups in total. The lowest BCUT2D eigenvalue weighted by atomic mass is 10.1. The predicted octanol–water partition coefficient (Wildman–Crippen LogP) is 2.78. The zero-order valence-corrected chi connectivity index (χ0v) is 14.3. The SMILES string of the molecule is Cc1ncc(CN2CCN(S(=O)CF)Cc3cc(Cl)ccc32)[nH]1. The molecule has 0 bridgehead atoms. The normalized spacial score (nSPS) is 16.9. The molecule has 0 radical (unpaired) electrons. The third-order valence-electron chi connectivity index (χ3n) is 3.85. The molecular formula is C15H18ClFN4OS. The molecule has 1 unspecified atom stereocenters. The maximum Gasteiger partial charge on any atom is 0.179 e. The molecule has 0 saturated carbocycles. The average molecular weight is 357 g/mol. The molecule has 0 spiro atoms.